The van der Waals surface area contributed by atoms with E-state index in [9.17, 15) is 4.39 Å². The molecular weight excluding hydrogens is 177 g/mol. The number of nitrogens with one attached hydrogen (secondary N) is 1. The van der Waals surface area contributed by atoms with Gasteiger partial charge in [-0.3, -0.25) is 0 Å². The van der Waals surface area contributed by atoms with Crippen molar-refractivity contribution in [2.24, 2.45) is 11.8 Å². The summed E-state index contributed by atoms with van der Waals surface area (Å²) in [6.45, 7) is 2.28. The minimum absolute atomic E-state index is 0.100. The van der Waals surface area contributed by atoms with Gasteiger partial charge < -0.3 is 5.32 Å². The lowest BCUT2D eigenvalue weighted by atomic mass is 9.64. The predicted octanol–water partition coefficient (Wildman–Crippen LogP) is 2.15. The van der Waals surface area contributed by atoms with E-state index in [-0.39, 0.29) is 5.82 Å². The molecule has 1 saturated heterocycles. The average molecular weight is 191 g/mol. The van der Waals surface area contributed by atoms with Gasteiger partial charge in [0, 0.05) is 0 Å². The topological polar surface area (TPSA) is 12.0 Å². The van der Waals surface area contributed by atoms with Crippen LogP contribution in [0.15, 0.2) is 24.3 Å². The van der Waals surface area contributed by atoms with E-state index in [4.69, 9.17) is 0 Å². The molecule has 1 aromatic rings. The Hall–Kier alpha value is -0.890. The molecule has 1 heterocycles. The van der Waals surface area contributed by atoms with E-state index < -0.39 is 0 Å². The van der Waals surface area contributed by atoms with Crippen molar-refractivity contribution in [3.63, 3.8) is 0 Å². The van der Waals surface area contributed by atoms with E-state index in [1.165, 1.54) is 18.1 Å². The van der Waals surface area contributed by atoms with Gasteiger partial charge in [0.25, 0.3) is 0 Å². The van der Waals surface area contributed by atoms with Crippen molar-refractivity contribution in [1.82, 2.24) is 5.32 Å². The van der Waals surface area contributed by atoms with Crippen LogP contribution in [-0.4, -0.2) is 13.1 Å². The fourth-order valence-corrected chi connectivity index (χ4v) is 2.91. The normalized spacial score (nSPS) is 35.1. The first-order chi connectivity index (χ1) is 6.84. The largest absolute Gasteiger partial charge is 0.316 e. The highest BCUT2D eigenvalue weighted by Gasteiger charge is 2.44. The Morgan fingerprint density at radius 1 is 1.29 bits per heavy atom. The maximum Gasteiger partial charge on any atom is 0.123 e. The first-order valence-electron chi connectivity index (χ1n) is 5.31. The Balaban J connectivity index is 1.83. The molecule has 0 aromatic heterocycles. The van der Waals surface area contributed by atoms with E-state index in [1.54, 1.807) is 6.07 Å². The monoisotopic (exact) mass is 191 g/mol. The minimum Gasteiger partial charge on any atom is -0.316 e. The van der Waals surface area contributed by atoms with Crippen molar-refractivity contribution in [3.8, 4) is 0 Å². The molecule has 0 bridgehead atoms. The lowest BCUT2D eigenvalue weighted by Gasteiger charge is -2.40. The fourth-order valence-electron chi connectivity index (χ4n) is 2.91. The van der Waals surface area contributed by atoms with Gasteiger partial charge in [-0.1, -0.05) is 12.1 Å². The molecule has 0 amide bonds. The highest BCUT2D eigenvalue weighted by Crippen LogP contribution is 2.48. The van der Waals surface area contributed by atoms with Crippen molar-refractivity contribution >= 4 is 0 Å². The van der Waals surface area contributed by atoms with E-state index >= 15 is 0 Å². The standard InChI is InChI=1S/C12H14FN/c13-10-3-1-2-8(4-10)11-5-9-6-14-7-12(9)11/h1-4,9,11-12,14H,5-7H2/t9-,11+,12+/m1/s1. The number of fused-ring (bicyclic) bond motifs is 1. The number of hydrogen-bond donors (Lipinski definition) is 1. The van der Waals surface area contributed by atoms with Crippen molar-refractivity contribution in [2.45, 2.75) is 12.3 Å². The van der Waals surface area contributed by atoms with Gasteiger partial charge in [-0.05, 0) is 55.0 Å². The Bertz CT molecular complexity index is 350. The zero-order valence-electron chi connectivity index (χ0n) is 8.04. The van der Waals surface area contributed by atoms with Crippen LogP contribution in [0.25, 0.3) is 0 Å². The van der Waals surface area contributed by atoms with Crippen molar-refractivity contribution in [1.29, 1.82) is 0 Å². The van der Waals surface area contributed by atoms with Gasteiger partial charge >= 0.3 is 0 Å². The molecular formula is C12H14FN. The molecule has 1 aromatic carbocycles. The second kappa shape index (κ2) is 3.06. The Morgan fingerprint density at radius 2 is 2.21 bits per heavy atom. The summed E-state index contributed by atoms with van der Waals surface area (Å²) in [5.74, 6) is 2.11. The van der Waals surface area contributed by atoms with Crippen LogP contribution in [-0.2, 0) is 0 Å². The van der Waals surface area contributed by atoms with Gasteiger partial charge in [-0.25, -0.2) is 4.39 Å². The summed E-state index contributed by atoms with van der Waals surface area (Å²) < 4.78 is 13.0. The van der Waals surface area contributed by atoms with Crippen LogP contribution in [0.5, 0.6) is 0 Å². The van der Waals surface area contributed by atoms with E-state index in [0.717, 1.165) is 24.9 Å². The molecule has 2 fully saturated rings. The third-order valence-corrected chi connectivity index (χ3v) is 3.74. The van der Waals surface area contributed by atoms with E-state index in [1.807, 2.05) is 6.07 Å². The van der Waals surface area contributed by atoms with Crippen molar-refractivity contribution in [3.05, 3.63) is 35.6 Å². The lowest BCUT2D eigenvalue weighted by molar-refractivity contribution is 0.190. The zero-order valence-corrected chi connectivity index (χ0v) is 8.04. The van der Waals surface area contributed by atoms with Crippen LogP contribution >= 0.6 is 0 Å². The highest BCUT2D eigenvalue weighted by molar-refractivity contribution is 5.25. The summed E-state index contributed by atoms with van der Waals surface area (Å²) in [6, 6.07) is 7.09. The Morgan fingerprint density at radius 3 is 3.00 bits per heavy atom. The molecule has 1 aliphatic carbocycles. The number of benzene rings is 1. The highest BCUT2D eigenvalue weighted by atomic mass is 19.1. The molecule has 0 radical (unpaired) electrons. The van der Waals surface area contributed by atoms with Gasteiger partial charge in [0.1, 0.15) is 5.82 Å². The van der Waals surface area contributed by atoms with Crippen LogP contribution in [0, 0.1) is 17.7 Å². The lowest BCUT2D eigenvalue weighted by Crippen LogP contribution is -2.33. The van der Waals surface area contributed by atoms with Gasteiger partial charge in [0.05, 0.1) is 0 Å². The number of hydrogen-bond acceptors (Lipinski definition) is 1. The molecule has 2 aliphatic rings. The quantitative estimate of drug-likeness (QED) is 0.717. The van der Waals surface area contributed by atoms with Crippen LogP contribution in [0.2, 0.25) is 0 Å². The summed E-state index contributed by atoms with van der Waals surface area (Å²) in [7, 11) is 0. The van der Waals surface area contributed by atoms with Crippen LogP contribution in [0.4, 0.5) is 4.39 Å². The smallest absolute Gasteiger partial charge is 0.123 e. The Kier molecular flexibility index (Phi) is 1.84. The molecule has 0 unspecified atom stereocenters. The zero-order chi connectivity index (χ0) is 9.54. The maximum atomic E-state index is 13.0. The summed E-state index contributed by atoms with van der Waals surface area (Å²) in [4.78, 5) is 0. The van der Waals surface area contributed by atoms with Crippen LogP contribution in [0.3, 0.4) is 0 Å². The predicted molar refractivity (Wildman–Crippen MR) is 53.6 cm³/mol. The first kappa shape index (κ1) is 8.42. The maximum absolute atomic E-state index is 13.0. The third-order valence-electron chi connectivity index (χ3n) is 3.74. The SMILES string of the molecule is Fc1cccc([C@@H]2C[C@@H]3CNC[C@@H]32)c1. The first-order valence-corrected chi connectivity index (χ1v) is 5.31. The fraction of sp³-hybridized carbons (Fsp3) is 0.500. The molecule has 1 nitrogen and oxygen atoms in total. The number of halogens is 1. The molecule has 1 N–H and O–H groups in total. The number of rotatable bonds is 1. The second-order valence-corrected chi connectivity index (χ2v) is 4.48. The second-order valence-electron chi connectivity index (χ2n) is 4.48. The van der Waals surface area contributed by atoms with Crippen LogP contribution < -0.4 is 5.32 Å². The van der Waals surface area contributed by atoms with E-state index in [0.29, 0.717) is 5.92 Å². The molecule has 3 atom stereocenters. The molecule has 1 aliphatic heterocycles. The third kappa shape index (κ3) is 1.17. The van der Waals surface area contributed by atoms with Gasteiger partial charge in [-0.15, -0.1) is 0 Å². The minimum atomic E-state index is -0.100. The van der Waals surface area contributed by atoms with Crippen molar-refractivity contribution in [2.75, 3.05) is 13.1 Å². The molecule has 3 rings (SSSR count). The van der Waals surface area contributed by atoms with Gasteiger partial charge in [0.2, 0.25) is 0 Å². The molecule has 2 heteroatoms. The summed E-state index contributed by atoms with van der Waals surface area (Å²) >= 11 is 0. The van der Waals surface area contributed by atoms with E-state index in [2.05, 4.69) is 11.4 Å². The van der Waals surface area contributed by atoms with Crippen LogP contribution in [0.1, 0.15) is 17.9 Å². The van der Waals surface area contributed by atoms with Gasteiger partial charge in [-0.2, -0.15) is 0 Å². The molecule has 1 saturated carbocycles. The molecule has 14 heavy (non-hydrogen) atoms. The van der Waals surface area contributed by atoms with Crippen molar-refractivity contribution < 1.29 is 4.39 Å². The Labute approximate surface area is 83.3 Å². The summed E-state index contributed by atoms with van der Waals surface area (Å²) in [6.07, 6.45) is 1.24. The molecule has 74 valence electrons. The average Bonchev–Trinajstić information content (AvgIpc) is 2.48. The summed E-state index contributed by atoms with van der Waals surface area (Å²) in [5, 5.41) is 3.40. The summed E-state index contributed by atoms with van der Waals surface area (Å²) in [5.41, 5.74) is 1.19. The molecule has 0 spiro atoms. The van der Waals surface area contributed by atoms with Gasteiger partial charge in [0.15, 0.2) is 0 Å².